The molecule has 0 saturated heterocycles. The summed E-state index contributed by atoms with van der Waals surface area (Å²) in [5.74, 6) is 0.933. The van der Waals surface area contributed by atoms with Gasteiger partial charge < -0.3 is 5.11 Å². The summed E-state index contributed by atoms with van der Waals surface area (Å²) in [4.78, 5) is 0.264. The molecular formula is C14H23NO3S2. The normalized spacial score (nSPS) is 15.3. The Kier molecular flexibility index (Phi) is 6.51. The van der Waals surface area contributed by atoms with Crippen LogP contribution in [0.15, 0.2) is 29.2 Å². The molecule has 0 aliphatic heterocycles. The van der Waals surface area contributed by atoms with Gasteiger partial charge in [0.1, 0.15) is 0 Å². The van der Waals surface area contributed by atoms with E-state index in [1.165, 1.54) is 4.31 Å². The lowest BCUT2D eigenvalue weighted by Gasteiger charge is -2.24. The minimum absolute atomic E-state index is 0.0381. The van der Waals surface area contributed by atoms with Crippen molar-refractivity contribution in [1.82, 2.24) is 4.31 Å². The standard InChI is InChI=1S/C14H23NO3S2/c1-11(9-10-19-4)15(3)20(17,18)14-7-5-13(6-8-14)12(2)16/h5-8,11-12,16H,9-10H2,1-4H3. The number of hydrogen-bond acceptors (Lipinski definition) is 4. The molecular weight excluding hydrogens is 294 g/mol. The number of rotatable bonds is 7. The van der Waals surface area contributed by atoms with Crippen molar-refractivity contribution in [3.05, 3.63) is 29.8 Å². The molecule has 0 amide bonds. The number of hydrogen-bond donors (Lipinski definition) is 1. The molecule has 0 aromatic heterocycles. The van der Waals surface area contributed by atoms with Gasteiger partial charge in [0.25, 0.3) is 0 Å². The van der Waals surface area contributed by atoms with Gasteiger partial charge >= 0.3 is 0 Å². The molecule has 4 nitrogen and oxygen atoms in total. The number of aliphatic hydroxyl groups is 1. The summed E-state index contributed by atoms with van der Waals surface area (Å²) < 4.78 is 26.4. The van der Waals surface area contributed by atoms with Gasteiger partial charge in [-0.1, -0.05) is 12.1 Å². The summed E-state index contributed by atoms with van der Waals surface area (Å²) in [6.07, 6.45) is 2.24. The highest BCUT2D eigenvalue weighted by Gasteiger charge is 2.25. The first-order valence-electron chi connectivity index (χ1n) is 6.55. The lowest BCUT2D eigenvalue weighted by molar-refractivity contribution is 0.199. The summed E-state index contributed by atoms with van der Waals surface area (Å²) >= 11 is 1.71. The Morgan fingerprint density at radius 2 is 1.80 bits per heavy atom. The molecule has 2 atom stereocenters. The first-order chi connectivity index (χ1) is 9.30. The van der Waals surface area contributed by atoms with Crippen LogP contribution in [0.4, 0.5) is 0 Å². The SMILES string of the molecule is CSCCC(C)N(C)S(=O)(=O)c1ccc(C(C)O)cc1. The monoisotopic (exact) mass is 317 g/mol. The van der Waals surface area contributed by atoms with Gasteiger partial charge in [0.05, 0.1) is 11.0 Å². The van der Waals surface area contributed by atoms with Crippen molar-refractivity contribution < 1.29 is 13.5 Å². The van der Waals surface area contributed by atoms with E-state index in [1.54, 1.807) is 50.0 Å². The van der Waals surface area contributed by atoms with E-state index in [9.17, 15) is 13.5 Å². The summed E-state index contributed by atoms with van der Waals surface area (Å²) in [6, 6.07) is 6.36. The van der Waals surface area contributed by atoms with Gasteiger partial charge in [-0.05, 0) is 50.0 Å². The van der Waals surface area contributed by atoms with Crippen LogP contribution < -0.4 is 0 Å². The molecule has 1 aromatic rings. The summed E-state index contributed by atoms with van der Waals surface area (Å²) in [5, 5.41) is 9.45. The maximum atomic E-state index is 12.5. The molecule has 1 aromatic carbocycles. The fourth-order valence-corrected chi connectivity index (χ4v) is 3.76. The molecule has 0 bridgehead atoms. The Morgan fingerprint density at radius 3 is 2.25 bits per heavy atom. The molecule has 6 heteroatoms. The zero-order valence-electron chi connectivity index (χ0n) is 12.4. The van der Waals surface area contributed by atoms with Crippen LogP contribution in [0.3, 0.4) is 0 Å². The average molecular weight is 317 g/mol. The molecule has 0 radical (unpaired) electrons. The first-order valence-corrected chi connectivity index (χ1v) is 9.39. The second-order valence-electron chi connectivity index (χ2n) is 4.90. The zero-order chi connectivity index (χ0) is 15.3. The minimum atomic E-state index is -3.47. The molecule has 0 spiro atoms. The number of aliphatic hydroxyl groups excluding tert-OH is 1. The van der Waals surface area contributed by atoms with Crippen LogP contribution in [0.5, 0.6) is 0 Å². The lowest BCUT2D eigenvalue weighted by Crippen LogP contribution is -2.35. The van der Waals surface area contributed by atoms with Crippen LogP contribution in [0.1, 0.15) is 31.9 Å². The van der Waals surface area contributed by atoms with Crippen molar-refractivity contribution in [2.45, 2.75) is 37.3 Å². The van der Waals surface area contributed by atoms with E-state index < -0.39 is 16.1 Å². The minimum Gasteiger partial charge on any atom is -0.389 e. The largest absolute Gasteiger partial charge is 0.389 e. The lowest BCUT2D eigenvalue weighted by atomic mass is 10.1. The van der Waals surface area contributed by atoms with Gasteiger partial charge in [0, 0.05) is 13.1 Å². The third-order valence-corrected chi connectivity index (χ3v) is 6.03. The quantitative estimate of drug-likeness (QED) is 0.839. The zero-order valence-corrected chi connectivity index (χ0v) is 14.0. The van der Waals surface area contributed by atoms with Crippen LogP contribution in [0.2, 0.25) is 0 Å². The Morgan fingerprint density at radius 1 is 1.25 bits per heavy atom. The van der Waals surface area contributed by atoms with E-state index in [2.05, 4.69) is 0 Å². The second kappa shape index (κ2) is 7.45. The third-order valence-electron chi connectivity index (χ3n) is 3.40. The van der Waals surface area contributed by atoms with Gasteiger partial charge in [0.15, 0.2) is 0 Å². The van der Waals surface area contributed by atoms with Crippen molar-refractivity contribution in [3.8, 4) is 0 Å². The van der Waals surface area contributed by atoms with E-state index in [1.807, 2.05) is 13.2 Å². The summed E-state index contributed by atoms with van der Waals surface area (Å²) in [5.41, 5.74) is 0.710. The van der Waals surface area contributed by atoms with Crippen LogP contribution in [0.25, 0.3) is 0 Å². The number of thioether (sulfide) groups is 1. The van der Waals surface area contributed by atoms with E-state index in [-0.39, 0.29) is 10.9 Å². The van der Waals surface area contributed by atoms with Crippen LogP contribution >= 0.6 is 11.8 Å². The maximum absolute atomic E-state index is 12.5. The highest BCUT2D eigenvalue weighted by atomic mass is 32.2. The van der Waals surface area contributed by atoms with Crippen LogP contribution in [-0.4, -0.2) is 42.9 Å². The van der Waals surface area contributed by atoms with Gasteiger partial charge in [-0.15, -0.1) is 0 Å². The summed E-state index contributed by atoms with van der Waals surface area (Å²) in [7, 11) is -1.85. The van der Waals surface area contributed by atoms with Gasteiger partial charge in [-0.2, -0.15) is 16.1 Å². The molecule has 0 heterocycles. The van der Waals surface area contributed by atoms with Crippen molar-refractivity contribution >= 4 is 21.8 Å². The third kappa shape index (κ3) is 4.22. The van der Waals surface area contributed by atoms with E-state index in [0.717, 1.165) is 12.2 Å². The highest BCUT2D eigenvalue weighted by Crippen LogP contribution is 2.21. The topological polar surface area (TPSA) is 57.6 Å². The Balaban J connectivity index is 2.92. The van der Waals surface area contributed by atoms with Gasteiger partial charge in [-0.25, -0.2) is 8.42 Å². The first kappa shape index (κ1) is 17.5. The van der Waals surface area contributed by atoms with Gasteiger partial charge in [0.2, 0.25) is 10.0 Å². The van der Waals surface area contributed by atoms with Crippen LogP contribution in [0, 0.1) is 0 Å². The second-order valence-corrected chi connectivity index (χ2v) is 7.88. The predicted molar refractivity (Wildman–Crippen MR) is 84.5 cm³/mol. The number of nitrogens with zero attached hydrogens (tertiary/aromatic N) is 1. The molecule has 1 N–H and O–H groups in total. The van der Waals surface area contributed by atoms with E-state index in [4.69, 9.17) is 0 Å². The number of benzene rings is 1. The maximum Gasteiger partial charge on any atom is 0.243 e. The molecule has 114 valence electrons. The Hall–Kier alpha value is -0.560. The predicted octanol–water partition coefficient (Wildman–Crippen LogP) is 2.50. The van der Waals surface area contributed by atoms with Crippen molar-refractivity contribution in [2.75, 3.05) is 19.1 Å². The Bertz CT molecular complexity index is 512. The van der Waals surface area contributed by atoms with Gasteiger partial charge in [-0.3, -0.25) is 0 Å². The Labute approximate surface area is 126 Å². The van der Waals surface area contributed by atoms with Crippen molar-refractivity contribution in [3.63, 3.8) is 0 Å². The fourth-order valence-electron chi connectivity index (χ4n) is 1.79. The van der Waals surface area contributed by atoms with Crippen LogP contribution in [-0.2, 0) is 10.0 Å². The molecule has 1 rings (SSSR count). The molecule has 0 saturated carbocycles. The number of sulfonamides is 1. The molecule has 0 fully saturated rings. The smallest absolute Gasteiger partial charge is 0.243 e. The van der Waals surface area contributed by atoms with E-state index in [0.29, 0.717) is 5.56 Å². The van der Waals surface area contributed by atoms with E-state index >= 15 is 0 Å². The summed E-state index contributed by atoms with van der Waals surface area (Å²) in [6.45, 7) is 3.57. The average Bonchev–Trinajstić information content (AvgIpc) is 2.43. The van der Waals surface area contributed by atoms with Crippen molar-refractivity contribution in [2.24, 2.45) is 0 Å². The molecule has 20 heavy (non-hydrogen) atoms. The van der Waals surface area contributed by atoms with Crippen molar-refractivity contribution in [1.29, 1.82) is 0 Å². The molecule has 0 aliphatic carbocycles. The molecule has 2 unspecified atom stereocenters. The fraction of sp³-hybridized carbons (Fsp3) is 0.571. The molecule has 0 aliphatic rings. The highest BCUT2D eigenvalue weighted by molar-refractivity contribution is 7.98.